The van der Waals surface area contributed by atoms with E-state index in [4.69, 9.17) is 11.6 Å². The number of hydrogen-bond donors (Lipinski definition) is 2. The fourth-order valence-corrected chi connectivity index (χ4v) is 3.72. The fraction of sp³-hybridized carbons (Fsp3) is 0.227. The number of nitrogens with zero attached hydrogens (tertiary/aromatic N) is 1. The van der Waals surface area contributed by atoms with Crippen molar-refractivity contribution >= 4 is 34.5 Å². The van der Waals surface area contributed by atoms with Gasteiger partial charge in [-0.1, -0.05) is 77.8 Å². The summed E-state index contributed by atoms with van der Waals surface area (Å²) in [6.45, 7) is 2.97. The molecule has 0 fully saturated rings. The predicted molar refractivity (Wildman–Crippen MR) is 119 cm³/mol. The van der Waals surface area contributed by atoms with Gasteiger partial charge in [-0.25, -0.2) is 9.71 Å². The maximum absolute atomic E-state index is 6.52. The molecule has 1 aliphatic heterocycles. The molecule has 0 aromatic heterocycles. The van der Waals surface area contributed by atoms with Gasteiger partial charge in [0, 0.05) is 36.1 Å². The first kappa shape index (κ1) is 19.7. The normalized spacial score (nSPS) is 14.5. The average Bonchev–Trinajstić information content (AvgIpc) is 2.68. The van der Waals surface area contributed by atoms with Crippen molar-refractivity contribution in [1.29, 1.82) is 0 Å². The van der Waals surface area contributed by atoms with Gasteiger partial charge < -0.3 is 4.72 Å². The van der Waals surface area contributed by atoms with Crippen LogP contribution in [0.3, 0.4) is 0 Å². The van der Waals surface area contributed by atoms with Crippen LogP contribution in [0, 0.1) is 6.92 Å². The molecule has 27 heavy (non-hydrogen) atoms. The molecule has 0 unspecified atom stereocenters. The van der Waals surface area contributed by atoms with E-state index in [0.717, 1.165) is 42.6 Å². The molecular weight excluding hydrogens is 374 g/mol. The first-order chi connectivity index (χ1) is 13.2. The molecule has 5 heteroatoms. The molecule has 0 bridgehead atoms. The molecule has 2 N–H and O–H groups in total. The van der Waals surface area contributed by atoms with Crippen LogP contribution >= 0.6 is 23.7 Å². The quantitative estimate of drug-likeness (QED) is 0.469. The molecule has 0 aliphatic carbocycles. The second kappa shape index (κ2) is 10.4. The third kappa shape index (κ3) is 5.99. The van der Waals surface area contributed by atoms with E-state index in [0.29, 0.717) is 5.17 Å². The largest absolute Gasteiger partial charge is 0.320 e. The summed E-state index contributed by atoms with van der Waals surface area (Å²) in [5.74, 6) is 0. The summed E-state index contributed by atoms with van der Waals surface area (Å²) in [6.07, 6.45) is 6.64. The maximum Gasteiger partial charge on any atom is 0.138 e. The van der Waals surface area contributed by atoms with Crippen molar-refractivity contribution in [2.45, 2.75) is 26.2 Å². The number of benzene rings is 2. The minimum atomic E-state index is 0.516. The Balaban J connectivity index is 1.67. The van der Waals surface area contributed by atoms with E-state index >= 15 is 0 Å². The third-order valence-electron chi connectivity index (χ3n) is 4.31. The fourth-order valence-electron chi connectivity index (χ4n) is 2.84. The summed E-state index contributed by atoms with van der Waals surface area (Å²) < 4.78 is 6.84. The van der Waals surface area contributed by atoms with Crippen LogP contribution in [0.2, 0.25) is 0 Å². The second-order valence-electron chi connectivity index (χ2n) is 6.40. The zero-order chi connectivity index (χ0) is 18.9. The van der Waals surface area contributed by atoms with Gasteiger partial charge in [0.2, 0.25) is 0 Å². The number of aryl methyl sites for hydroxylation is 1. The van der Waals surface area contributed by atoms with Crippen LogP contribution in [0.15, 0.2) is 77.6 Å². The molecule has 0 atom stereocenters. The summed E-state index contributed by atoms with van der Waals surface area (Å²) in [4.78, 5) is 4.37. The van der Waals surface area contributed by atoms with Crippen molar-refractivity contribution in [1.82, 2.24) is 9.44 Å². The lowest BCUT2D eigenvalue weighted by Crippen LogP contribution is -2.18. The maximum atomic E-state index is 6.52. The number of aliphatic imine (C=N–C) groups is 1. The molecule has 1 heterocycles. The standard InChI is InChI=1S/C22H24ClN3S/c1-17-10-12-19(13-11-17)21-20(9-5-6-15-24-22(21)23)26-27-25-16-14-18-7-3-2-4-8-18/h2-4,6-8,10-13,15,25-26H,5,9,14,16H2,1H3. The van der Waals surface area contributed by atoms with Gasteiger partial charge in [0.1, 0.15) is 5.17 Å². The van der Waals surface area contributed by atoms with E-state index in [1.807, 2.05) is 12.1 Å². The zero-order valence-electron chi connectivity index (χ0n) is 15.4. The van der Waals surface area contributed by atoms with Crippen LogP contribution in [0.5, 0.6) is 0 Å². The molecule has 2 aromatic rings. The average molecular weight is 398 g/mol. The third-order valence-corrected chi connectivity index (χ3v) is 5.29. The van der Waals surface area contributed by atoms with Gasteiger partial charge >= 0.3 is 0 Å². The topological polar surface area (TPSA) is 36.4 Å². The zero-order valence-corrected chi connectivity index (χ0v) is 17.0. The highest BCUT2D eigenvalue weighted by atomic mass is 35.5. The van der Waals surface area contributed by atoms with Crippen LogP contribution in [-0.4, -0.2) is 11.7 Å². The summed E-state index contributed by atoms with van der Waals surface area (Å²) >= 11 is 8.02. The lowest BCUT2D eigenvalue weighted by molar-refractivity contribution is 0.889. The molecule has 1 aliphatic rings. The van der Waals surface area contributed by atoms with E-state index in [-0.39, 0.29) is 0 Å². The minimum Gasteiger partial charge on any atom is -0.320 e. The van der Waals surface area contributed by atoms with Crippen molar-refractivity contribution in [3.8, 4) is 0 Å². The first-order valence-corrected chi connectivity index (χ1v) is 10.3. The van der Waals surface area contributed by atoms with Crippen molar-refractivity contribution in [2.24, 2.45) is 4.99 Å². The van der Waals surface area contributed by atoms with E-state index in [9.17, 15) is 0 Å². The molecule has 0 saturated heterocycles. The Morgan fingerprint density at radius 2 is 1.85 bits per heavy atom. The van der Waals surface area contributed by atoms with Crippen molar-refractivity contribution < 1.29 is 0 Å². The van der Waals surface area contributed by atoms with E-state index < -0.39 is 0 Å². The van der Waals surface area contributed by atoms with Gasteiger partial charge in [-0.15, -0.1) is 0 Å². The van der Waals surface area contributed by atoms with Crippen LogP contribution in [0.4, 0.5) is 0 Å². The van der Waals surface area contributed by atoms with Gasteiger partial charge in [-0.2, -0.15) is 0 Å². The SMILES string of the molecule is Cc1ccc(C2=C(NSNCCc3ccccc3)CCC=CN=C2Cl)cc1. The minimum absolute atomic E-state index is 0.516. The number of hydrogen-bond acceptors (Lipinski definition) is 4. The van der Waals surface area contributed by atoms with E-state index in [1.54, 1.807) is 6.20 Å². The Bertz CT molecular complexity index is 826. The van der Waals surface area contributed by atoms with Crippen molar-refractivity contribution in [3.05, 3.63) is 89.3 Å². The highest BCUT2D eigenvalue weighted by Gasteiger charge is 2.15. The smallest absolute Gasteiger partial charge is 0.138 e. The van der Waals surface area contributed by atoms with Gasteiger partial charge in [0.05, 0.1) is 0 Å². The molecule has 0 amide bonds. The molecule has 0 spiro atoms. The summed E-state index contributed by atoms with van der Waals surface area (Å²) in [5.41, 5.74) is 5.70. The number of allylic oxidation sites excluding steroid dienone is 3. The molecule has 3 nitrogen and oxygen atoms in total. The summed E-state index contributed by atoms with van der Waals surface area (Å²) in [7, 11) is 0. The van der Waals surface area contributed by atoms with Gasteiger partial charge in [0.15, 0.2) is 0 Å². The first-order valence-electron chi connectivity index (χ1n) is 9.11. The van der Waals surface area contributed by atoms with Crippen molar-refractivity contribution in [3.63, 3.8) is 0 Å². The lowest BCUT2D eigenvalue weighted by atomic mass is 10.0. The molecular formula is C22H24ClN3S. The molecule has 3 rings (SSSR count). The van der Waals surface area contributed by atoms with Crippen LogP contribution in [0.25, 0.3) is 5.57 Å². The molecule has 140 valence electrons. The van der Waals surface area contributed by atoms with Gasteiger partial charge in [-0.3, -0.25) is 0 Å². The second-order valence-corrected chi connectivity index (χ2v) is 7.45. The summed E-state index contributed by atoms with van der Waals surface area (Å²) in [6, 6.07) is 18.9. The van der Waals surface area contributed by atoms with E-state index in [2.05, 4.69) is 69.9 Å². The van der Waals surface area contributed by atoms with E-state index in [1.165, 1.54) is 23.3 Å². The number of rotatable bonds is 7. The monoisotopic (exact) mass is 397 g/mol. The Hall–Kier alpha value is -2.01. The van der Waals surface area contributed by atoms with Crippen LogP contribution in [-0.2, 0) is 6.42 Å². The van der Waals surface area contributed by atoms with Gasteiger partial charge in [0.25, 0.3) is 0 Å². The lowest BCUT2D eigenvalue weighted by Gasteiger charge is -2.17. The molecule has 0 radical (unpaired) electrons. The molecule has 2 aromatic carbocycles. The Kier molecular flexibility index (Phi) is 7.57. The Labute approximate surface area is 170 Å². The highest BCUT2D eigenvalue weighted by molar-refractivity contribution is 7.95. The predicted octanol–water partition coefficient (Wildman–Crippen LogP) is 5.64. The summed E-state index contributed by atoms with van der Waals surface area (Å²) in [5, 5.41) is 0.516. The number of halogens is 1. The van der Waals surface area contributed by atoms with Gasteiger partial charge in [-0.05, 0) is 37.3 Å². The van der Waals surface area contributed by atoms with Crippen LogP contribution in [0.1, 0.15) is 29.5 Å². The number of nitrogens with one attached hydrogen (secondary N) is 2. The molecule has 0 saturated carbocycles. The Morgan fingerprint density at radius 3 is 2.63 bits per heavy atom. The Morgan fingerprint density at radius 1 is 1.07 bits per heavy atom. The van der Waals surface area contributed by atoms with Crippen molar-refractivity contribution in [2.75, 3.05) is 6.54 Å². The highest BCUT2D eigenvalue weighted by Crippen LogP contribution is 2.27. The van der Waals surface area contributed by atoms with Crippen LogP contribution < -0.4 is 9.44 Å².